The smallest absolute Gasteiger partial charge is 0.255 e. The fraction of sp³-hybridized carbons (Fsp3) is 0.0952. The largest absolute Gasteiger partial charge is 0.322 e. The Labute approximate surface area is 146 Å². The van der Waals surface area contributed by atoms with Crippen molar-refractivity contribution in [3.8, 4) is 0 Å². The Balaban J connectivity index is 1.59. The molecule has 0 aliphatic rings. The Bertz CT molecular complexity index is 813. The number of thioether (sulfide) groups is 1. The van der Waals surface area contributed by atoms with Crippen LogP contribution in [0, 0.1) is 6.92 Å². The van der Waals surface area contributed by atoms with E-state index in [0.29, 0.717) is 5.56 Å². The summed E-state index contributed by atoms with van der Waals surface area (Å²) in [4.78, 5) is 13.4. The van der Waals surface area contributed by atoms with Gasteiger partial charge in [0.2, 0.25) is 0 Å². The molecular weight excluding hydrogens is 314 g/mol. The van der Waals surface area contributed by atoms with E-state index in [9.17, 15) is 4.79 Å². The molecule has 0 saturated heterocycles. The Morgan fingerprint density at radius 2 is 1.67 bits per heavy atom. The predicted octanol–water partition coefficient (Wildman–Crippen LogP) is 5.54. The van der Waals surface area contributed by atoms with Gasteiger partial charge >= 0.3 is 0 Å². The number of benzene rings is 3. The summed E-state index contributed by atoms with van der Waals surface area (Å²) < 4.78 is 0. The first kappa shape index (κ1) is 16.3. The summed E-state index contributed by atoms with van der Waals surface area (Å²) in [7, 11) is 0. The molecule has 0 bridgehead atoms. The molecule has 0 atom stereocenters. The molecule has 3 aromatic carbocycles. The maximum atomic E-state index is 12.2. The van der Waals surface area contributed by atoms with Crippen LogP contribution in [-0.2, 0) is 5.75 Å². The molecule has 1 amide bonds. The highest BCUT2D eigenvalue weighted by molar-refractivity contribution is 7.98. The average molecular weight is 333 g/mol. The molecule has 0 heterocycles. The van der Waals surface area contributed by atoms with Gasteiger partial charge in [0.1, 0.15) is 0 Å². The highest BCUT2D eigenvalue weighted by atomic mass is 32.2. The zero-order valence-electron chi connectivity index (χ0n) is 13.5. The summed E-state index contributed by atoms with van der Waals surface area (Å²) >= 11 is 1.79. The lowest BCUT2D eigenvalue weighted by molar-refractivity contribution is 0.102. The fourth-order valence-corrected chi connectivity index (χ4v) is 3.22. The number of hydrogen-bond donors (Lipinski definition) is 1. The molecule has 2 nitrogen and oxygen atoms in total. The minimum atomic E-state index is -0.0802. The Kier molecular flexibility index (Phi) is 5.34. The monoisotopic (exact) mass is 333 g/mol. The number of rotatable bonds is 5. The zero-order valence-corrected chi connectivity index (χ0v) is 14.3. The molecule has 0 unspecified atom stereocenters. The maximum Gasteiger partial charge on any atom is 0.255 e. The SMILES string of the molecule is Cc1cccc(C(=O)Nc2ccc(SCc3ccccc3)cc2)c1. The molecule has 0 aliphatic carbocycles. The van der Waals surface area contributed by atoms with Gasteiger partial charge in [0, 0.05) is 21.9 Å². The molecule has 120 valence electrons. The molecule has 24 heavy (non-hydrogen) atoms. The summed E-state index contributed by atoms with van der Waals surface area (Å²) in [5, 5.41) is 2.94. The minimum Gasteiger partial charge on any atom is -0.322 e. The Hall–Kier alpha value is -2.52. The van der Waals surface area contributed by atoms with Crippen molar-refractivity contribution < 1.29 is 4.79 Å². The van der Waals surface area contributed by atoms with Gasteiger partial charge in [-0.05, 0) is 48.9 Å². The van der Waals surface area contributed by atoms with Crippen LogP contribution in [0.4, 0.5) is 5.69 Å². The van der Waals surface area contributed by atoms with Crippen molar-refractivity contribution in [2.45, 2.75) is 17.6 Å². The summed E-state index contributed by atoms with van der Waals surface area (Å²) in [6, 6.07) is 26.0. The van der Waals surface area contributed by atoms with Crippen LogP contribution >= 0.6 is 11.8 Å². The fourth-order valence-electron chi connectivity index (χ4n) is 2.36. The van der Waals surface area contributed by atoms with E-state index in [4.69, 9.17) is 0 Å². The highest BCUT2D eigenvalue weighted by Crippen LogP contribution is 2.24. The lowest BCUT2D eigenvalue weighted by atomic mass is 10.1. The van der Waals surface area contributed by atoms with Gasteiger partial charge in [0.25, 0.3) is 5.91 Å². The number of aryl methyl sites for hydroxylation is 1. The molecule has 3 aromatic rings. The quantitative estimate of drug-likeness (QED) is 0.621. The van der Waals surface area contributed by atoms with Crippen molar-refractivity contribution in [1.29, 1.82) is 0 Å². The number of hydrogen-bond acceptors (Lipinski definition) is 2. The topological polar surface area (TPSA) is 29.1 Å². The molecular formula is C21H19NOS. The second-order valence-corrected chi connectivity index (χ2v) is 6.67. The number of carbonyl (C=O) groups is 1. The first-order valence-corrected chi connectivity index (χ1v) is 8.84. The van der Waals surface area contributed by atoms with Crippen LogP contribution in [0.15, 0.2) is 83.8 Å². The van der Waals surface area contributed by atoms with E-state index in [2.05, 4.69) is 29.6 Å². The van der Waals surface area contributed by atoms with Crippen LogP contribution < -0.4 is 5.32 Å². The van der Waals surface area contributed by atoms with Crippen molar-refractivity contribution >= 4 is 23.4 Å². The summed E-state index contributed by atoms with van der Waals surface area (Å²) in [6.07, 6.45) is 0. The number of amides is 1. The predicted molar refractivity (Wildman–Crippen MR) is 102 cm³/mol. The highest BCUT2D eigenvalue weighted by Gasteiger charge is 2.06. The summed E-state index contributed by atoms with van der Waals surface area (Å²) in [6.45, 7) is 1.98. The number of anilines is 1. The van der Waals surface area contributed by atoms with Crippen molar-refractivity contribution in [3.63, 3.8) is 0 Å². The zero-order chi connectivity index (χ0) is 16.8. The van der Waals surface area contributed by atoms with Crippen molar-refractivity contribution in [1.82, 2.24) is 0 Å². The van der Waals surface area contributed by atoms with Gasteiger partial charge in [0.05, 0.1) is 0 Å². The van der Waals surface area contributed by atoms with Crippen LogP contribution in [0.2, 0.25) is 0 Å². The van der Waals surface area contributed by atoms with Gasteiger partial charge in [-0.3, -0.25) is 4.79 Å². The van der Waals surface area contributed by atoms with Crippen LogP contribution in [0.5, 0.6) is 0 Å². The third-order valence-electron chi connectivity index (χ3n) is 3.64. The van der Waals surface area contributed by atoms with Crippen molar-refractivity contribution in [3.05, 3.63) is 95.6 Å². The third-order valence-corrected chi connectivity index (χ3v) is 4.72. The van der Waals surface area contributed by atoms with Gasteiger partial charge in [-0.15, -0.1) is 11.8 Å². The van der Waals surface area contributed by atoms with Gasteiger partial charge in [0.15, 0.2) is 0 Å². The molecule has 0 aromatic heterocycles. The standard InChI is InChI=1S/C21H19NOS/c1-16-6-5-9-18(14-16)21(23)22-19-10-12-20(13-11-19)24-15-17-7-3-2-4-8-17/h2-14H,15H2,1H3,(H,22,23). The summed E-state index contributed by atoms with van der Waals surface area (Å²) in [5.74, 6) is 0.860. The van der Waals surface area contributed by atoms with E-state index in [1.54, 1.807) is 11.8 Å². The van der Waals surface area contributed by atoms with Crippen molar-refractivity contribution in [2.75, 3.05) is 5.32 Å². The summed E-state index contributed by atoms with van der Waals surface area (Å²) in [5.41, 5.74) is 3.87. The van der Waals surface area contributed by atoms with Crippen LogP contribution in [0.25, 0.3) is 0 Å². The average Bonchev–Trinajstić information content (AvgIpc) is 2.62. The van der Waals surface area contributed by atoms with Crippen LogP contribution in [0.3, 0.4) is 0 Å². The molecule has 0 saturated carbocycles. The Morgan fingerprint density at radius 1 is 0.917 bits per heavy atom. The molecule has 0 aliphatic heterocycles. The molecule has 3 heteroatoms. The maximum absolute atomic E-state index is 12.2. The van der Waals surface area contributed by atoms with Gasteiger partial charge in [-0.1, -0.05) is 48.0 Å². The van der Waals surface area contributed by atoms with E-state index in [-0.39, 0.29) is 5.91 Å². The first-order chi connectivity index (χ1) is 11.7. The minimum absolute atomic E-state index is 0.0802. The van der Waals surface area contributed by atoms with E-state index in [1.165, 1.54) is 10.5 Å². The molecule has 1 N–H and O–H groups in total. The van der Waals surface area contributed by atoms with Gasteiger partial charge in [-0.25, -0.2) is 0 Å². The van der Waals surface area contributed by atoms with Crippen LogP contribution in [0.1, 0.15) is 21.5 Å². The second-order valence-electron chi connectivity index (χ2n) is 5.62. The molecule has 3 rings (SSSR count). The van der Waals surface area contributed by atoms with E-state index >= 15 is 0 Å². The van der Waals surface area contributed by atoms with E-state index in [1.807, 2.05) is 61.5 Å². The normalized spacial score (nSPS) is 10.4. The number of carbonyl (C=O) groups excluding carboxylic acids is 1. The first-order valence-electron chi connectivity index (χ1n) is 7.85. The van der Waals surface area contributed by atoms with E-state index < -0.39 is 0 Å². The molecule has 0 radical (unpaired) electrons. The van der Waals surface area contributed by atoms with Crippen LogP contribution in [-0.4, -0.2) is 5.91 Å². The Morgan fingerprint density at radius 3 is 2.38 bits per heavy atom. The van der Waals surface area contributed by atoms with E-state index in [0.717, 1.165) is 17.0 Å². The lowest BCUT2D eigenvalue weighted by Gasteiger charge is -2.07. The molecule has 0 spiro atoms. The van der Waals surface area contributed by atoms with Gasteiger partial charge < -0.3 is 5.32 Å². The van der Waals surface area contributed by atoms with Gasteiger partial charge in [-0.2, -0.15) is 0 Å². The molecule has 0 fully saturated rings. The lowest BCUT2D eigenvalue weighted by Crippen LogP contribution is -2.11. The third kappa shape index (κ3) is 4.49. The number of nitrogens with one attached hydrogen (secondary N) is 1. The van der Waals surface area contributed by atoms with Crippen molar-refractivity contribution in [2.24, 2.45) is 0 Å². The second kappa shape index (κ2) is 7.84.